The Morgan fingerprint density at radius 3 is 2.50 bits per heavy atom. The number of carbonyl (C=O) groups excluding carboxylic acids is 1. The van der Waals surface area contributed by atoms with Gasteiger partial charge in [0.2, 0.25) is 5.91 Å². The molecule has 1 aliphatic rings. The van der Waals surface area contributed by atoms with E-state index in [4.69, 9.17) is 0 Å². The molecule has 2 aromatic rings. The molecule has 1 aromatic heterocycles. The summed E-state index contributed by atoms with van der Waals surface area (Å²) >= 11 is 1.61. The van der Waals surface area contributed by atoms with Gasteiger partial charge in [-0.2, -0.15) is 0 Å². The number of sulfone groups is 2. The Hall–Kier alpha value is -1.75. The molecule has 1 saturated heterocycles. The molecule has 1 aromatic carbocycles. The maximum atomic E-state index is 13.1. The lowest BCUT2D eigenvalue weighted by Crippen LogP contribution is -2.44. The third-order valence-corrected chi connectivity index (χ3v) is 9.66. The van der Waals surface area contributed by atoms with E-state index in [-0.39, 0.29) is 22.3 Å². The molecule has 2 N–H and O–H groups in total. The van der Waals surface area contributed by atoms with Gasteiger partial charge in [-0.05, 0) is 42.1 Å². The van der Waals surface area contributed by atoms with Crippen molar-refractivity contribution in [2.45, 2.75) is 29.5 Å². The van der Waals surface area contributed by atoms with E-state index >= 15 is 0 Å². The van der Waals surface area contributed by atoms with Gasteiger partial charge in [-0.1, -0.05) is 6.07 Å². The van der Waals surface area contributed by atoms with Crippen molar-refractivity contribution >= 4 is 42.6 Å². The van der Waals surface area contributed by atoms with Crippen LogP contribution in [0.15, 0.2) is 46.7 Å². The zero-order valence-corrected chi connectivity index (χ0v) is 17.7. The zero-order chi connectivity index (χ0) is 20.4. The van der Waals surface area contributed by atoms with E-state index in [2.05, 4.69) is 10.6 Å². The molecule has 0 saturated carbocycles. The van der Waals surface area contributed by atoms with Crippen molar-refractivity contribution in [3.05, 3.63) is 46.7 Å². The Balaban J connectivity index is 1.76. The molecule has 0 unspecified atom stereocenters. The highest BCUT2D eigenvalue weighted by molar-refractivity contribution is 7.96. The molecule has 152 valence electrons. The summed E-state index contributed by atoms with van der Waals surface area (Å²) < 4.78 is 50.4. The highest BCUT2D eigenvalue weighted by atomic mass is 32.2. The second kappa shape index (κ2) is 8.32. The molecule has 28 heavy (non-hydrogen) atoms. The quantitative estimate of drug-likeness (QED) is 0.672. The molecule has 3 rings (SSSR count). The predicted octanol–water partition coefficient (Wildman–Crippen LogP) is 1.48. The molecule has 1 aliphatic heterocycles. The highest BCUT2D eigenvalue weighted by Crippen LogP contribution is 2.27. The first-order valence-corrected chi connectivity index (χ1v) is 13.0. The fraction of sp³-hybridized carbons (Fsp3) is 0.389. The maximum Gasteiger partial charge on any atom is 0.221 e. The number of anilines is 1. The van der Waals surface area contributed by atoms with Gasteiger partial charge >= 0.3 is 0 Å². The number of hydrogen-bond donors (Lipinski definition) is 2. The van der Waals surface area contributed by atoms with Crippen molar-refractivity contribution in [2.24, 2.45) is 0 Å². The largest absolute Gasteiger partial charge is 0.326 e. The minimum Gasteiger partial charge on any atom is -0.326 e. The summed E-state index contributed by atoms with van der Waals surface area (Å²) in [5.74, 6) is -0.836. The average molecular weight is 443 g/mol. The van der Waals surface area contributed by atoms with Crippen LogP contribution in [0.4, 0.5) is 5.69 Å². The van der Waals surface area contributed by atoms with Crippen molar-refractivity contribution in [2.75, 3.05) is 23.4 Å². The number of rotatable bonds is 7. The lowest BCUT2D eigenvalue weighted by atomic mass is 10.2. The first-order valence-electron chi connectivity index (χ1n) is 8.75. The number of nitrogens with one attached hydrogen (secondary N) is 2. The summed E-state index contributed by atoms with van der Waals surface area (Å²) in [6.45, 7) is 1.87. The Morgan fingerprint density at radius 2 is 1.89 bits per heavy atom. The minimum atomic E-state index is -3.84. The van der Waals surface area contributed by atoms with Gasteiger partial charge in [0.15, 0.2) is 19.7 Å². The van der Waals surface area contributed by atoms with Crippen LogP contribution in [0.5, 0.6) is 0 Å². The van der Waals surface area contributed by atoms with Crippen LogP contribution in [-0.2, 0) is 30.9 Å². The van der Waals surface area contributed by atoms with E-state index < -0.39 is 31.0 Å². The van der Waals surface area contributed by atoms with E-state index in [1.165, 1.54) is 31.2 Å². The zero-order valence-electron chi connectivity index (χ0n) is 15.3. The minimum absolute atomic E-state index is 0.0498. The van der Waals surface area contributed by atoms with Gasteiger partial charge in [0.25, 0.3) is 0 Å². The van der Waals surface area contributed by atoms with Crippen LogP contribution in [-0.4, -0.2) is 52.1 Å². The third kappa shape index (κ3) is 4.99. The molecule has 1 amide bonds. The predicted molar refractivity (Wildman–Crippen MR) is 110 cm³/mol. The number of amides is 1. The molecule has 10 heteroatoms. The molecule has 0 radical (unpaired) electrons. The van der Waals surface area contributed by atoms with Crippen LogP contribution in [0.1, 0.15) is 11.8 Å². The summed E-state index contributed by atoms with van der Waals surface area (Å²) in [5.41, 5.74) is 0.483. The van der Waals surface area contributed by atoms with Crippen molar-refractivity contribution in [1.82, 2.24) is 5.32 Å². The number of hydrogen-bond acceptors (Lipinski definition) is 7. The lowest BCUT2D eigenvalue weighted by Gasteiger charge is -2.20. The van der Waals surface area contributed by atoms with Gasteiger partial charge in [-0.3, -0.25) is 4.79 Å². The van der Waals surface area contributed by atoms with Gasteiger partial charge in [-0.15, -0.1) is 11.3 Å². The van der Waals surface area contributed by atoms with Crippen LogP contribution < -0.4 is 10.6 Å². The first kappa shape index (κ1) is 21.0. The van der Waals surface area contributed by atoms with Crippen LogP contribution in [0, 0.1) is 0 Å². The Labute approximate surface area is 169 Å². The fourth-order valence-corrected chi connectivity index (χ4v) is 8.68. The maximum absolute atomic E-state index is 13.1. The summed E-state index contributed by atoms with van der Waals surface area (Å²) in [7, 11) is -7.28. The van der Waals surface area contributed by atoms with Crippen molar-refractivity contribution < 1.29 is 21.6 Å². The molecular weight excluding hydrogens is 420 g/mol. The Kier molecular flexibility index (Phi) is 6.23. The SMILES string of the molecule is CC(=O)Nc1ccc(S(=O)(=O)[C@@H]2CS(=O)(=O)C[C@H]2NCCc2cccs2)cc1. The second-order valence-corrected chi connectivity index (χ2v) is 12.1. The van der Waals surface area contributed by atoms with Crippen LogP contribution >= 0.6 is 11.3 Å². The van der Waals surface area contributed by atoms with Gasteiger partial charge in [0.1, 0.15) is 0 Å². The Morgan fingerprint density at radius 1 is 1.18 bits per heavy atom. The standard InChI is InChI=1S/C18H22N2O5S3/c1-13(21)20-14-4-6-16(7-5-14)28(24,25)18-12-27(22,23)11-17(18)19-9-8-15-3-2-10-26-15/h2-7,10,17-19H,8-9,11-12H2,1H3,(H,20,21)/t17-,18-/m1/s1. The van der Waals surface area contributed by atoms with Crippen LogP contribution in [0.2, 0.25) is 0 Å². The van der Waals surface area contributed by atoms with Crippen LogP contribution in [0.3, 0.4) is 0 Å². The van der Waals surface area contributed by atoms with Crippen LogP contribution in [0.25, 0.3) is 0 Å². The Bertz CT molecular complexity index is 1030. The van der Waals surface area contributed by atoms with Gasteiger partial charge < -0.3 is 10.6 Å². The average Bonchev–Trinajstić information content (AvgIpc) is 3.22. The normalized spacial score (nSPS) is 21.5. The molecule has 0 spiro atoms. The molecule has 1 fully saturated rings. The van der Waals surface area contributed by atoms with E-state index in [0.29, 0.717) is 18.7 Å². The van der Waals surface area contributed by atoms with Gasteiger partial charge in [0, 0.05) is 30.1 Å². The first-order chi connectivity index (χ1) is 13.2. The van der Waals surface area contributed by atoms with E-state index in [1.54, 1.807) is 11.3 Å². The summed E-state index contributed by atoms with van der Waals surface area (Å²) in [6, 6.07) is 9.07. The van der Waals surface area contributed by atoms with Gasteiger partial charge in [-0.25, -0.2) is 16.8 Å². The second-order valence-electron chi connectivity index (χ2n) is 6.76. The number of benzene rings is 1. The lowest BCUT2D eigenvalue weighted by molar-refractivity contribution is -0.114. The van der Waals surface area contributed by atoms with Gasteiger partial charge in [0.05, 0.1) is 21.7 Å². The molecule has 7 nitrogen and oxygen atoms in total. The molecule has 0 aliphatic carbocycles. The van der Waals surface area contributed by atoms with Crippen molar-refractivity contribution in [1.29, 1.82) is 0 Å². The summed E-state index contributed by atoms with van der Waals surface area (Å²) in [4.78, 5) is 12.3. The number of thiophene rings is 1. The summed E-state index contributed by atoms with van der Waals surface area (Å²) in [6.07, 6.45) is 0.715. The van der Waals surface area contributed by atoms with E-state index in [9.17, 15) is 21.6 Å². The van der Waals surface area contributed by atoms with E-state index in [1.807, 2.05) is 17.5 Å². The smallest absolute Gasteiger partial charge is 0.221 e. The monoisotopic (exact) mass is 442 g/mol. The number of carbonyl (C=O) groups is 1. The highest BCUT2D eigenvalue weighted by Gasteiger charge is 2.45. The van der Waals surface area contributed by atoms with Crippen molar-refractivity contribution in [3.63, 3.8) is 0 Å². The summed E-state index contributed by atoms with van der Waals surface area (Å²) in [5, 5.41) is 6.64. The topological polar surface area (TPSA) is 109 Å². The molecular formula is C18H22N2O5S3. The molecule has 0 bridgehead atoms. The molecule has 2 atom stereocenters. The van der Waals surface area contributed by atoms with Crippen molar-refractivity contribution in [3.8, 4) is 0 Å². The fourth-order valence-electron chi connectivity index (χ4n) is 3.25. The molecule has 2 heterocycles. The third-order valence-electron chi connectivity index (χ3n) is 4.56. The van der Waals surface area contributed by atoms with E-state index in [0.717, 1.165) is 4.88 Å².